The maximum Gasteiger partial charge on any atom is 0.327 e. The molecule has 0 radical (unpaired) electrons. The van der Waals surface area contributed by atoms with E-state index in [9.17, 15) is 24.3 Å². The van der Waals surface area contributed by atoms with E-state index < -0.39 is 53.9 Å². The molecule has 166 valence electrons. The van der Waals surface area contributed by atoms with E-state index in [1.54, 1.807) is 0 Å². The summed E-state index contributed by atoms with van der Waals surface area (Å²) in [7, 11) is 0. The van der Waals surface area contributed by atoms with Gasteiger partial charge in [0.25, 0.3) is 0 Å². The zero-order valence-corrected chi connectivity index (χ0v) is 21.8. The van der Waals surface area contributed by atoms with Gasteiger partial charge in [0.1, 0.15) is 30.2 Å². The first kappa shape index (κ1) is 26.6. The molecule has 0 aliphatic rings. The maximum atomic E-state index is 12.3. The number of aromatic carboxylic acids is 1. The lowest BCUT2D eigenvalue weighted by atomic mass is 10.1. The number of ether oxygens (including phenoxy) is 3. The summed E-state index contributed by atoms with van der Waals surface area (Å²) in [6.45, 7) is 9.01. The van der Waals surface area contributed by atoms with Crippen LogP contribution in [0.25, 0.3) is 0 Å². The Labute approximate surface area is 199 Å². The van der Waals surface area contributed by atoms with Crippen LogP contribution in [0.4, 0.5) is 0 Å². The summed E-state index contributed by atoms with van der Waals surface area (Å²) in [4.78, 5) is 48.5. The summed E-state index contributed by atoms with van der Waals surface area (Å²) >= 11 is 9.37. The van der Waals surface area contributed by atoms with Crippen molar-refractivity contribution in [3.05, 3.63) is 17.7 Å². The third-order valence-electron chi connectivity index (χ3n) is 3.32. The molecule has 0 spiro atoms. The molecular formula is C19H20Br3O8-. The van der Waals surface area contributed by atoms with Crippen LogP contribution < -0.4 is 19.3 Å². The highest BCUT2D eigenvalue weighted by atomic mass is 79.9. The molecule has 0 atom stereocenters. The van der Waals surface area contributed by atoms with Gasteiger partial charge in [0.05, 0.1) is 11.5 Å². The number of alkyl halides is 3. The van der Waals surface area contributed by atoms with Crippen molar-refractivity contribution in [1.29, 1.82) is 0 Å². The van der Waals surface area contributed by atoms with E-state index in [0.29, 0.717) is 0 Å². The summed E-state index contributed by atoms with van der Waals surface area (Å²) in [5, 5.41) is 11.8. The van der Waals surface area contributed by atoms with Crippen molar-refractivity contribution in [2.45, 2.75) is 54.5 Å². The molecule has 0 saturated carbocycles. The van der Waals surface area contributed by atoms with Crippen LogP contribution in [-0.2, 0) is 14.4 Å². The van der Waals surface area contributed by atoms with Crippen LogP contribution in [0.15, 0.2) is 12.1 Å². The summed E-state index contributed by atoms with van der Waals surface area (Å²) in [5.41, 5.74) is -0.692. The molecule has 0 bridgehead atoms. The minimum atomic E-state index is -1.76. The Bertz CT molecular complexity index is 824. The molecule has 0 fully saturated rings. The number of esters is 3. The number of halogens is 3. The molecule has 8 nitrogen and oxygen atoms in total. The van der Waals surface area contributed by atoms with Crippen molar-refractivity contribution < 1.29 is 38.5 Å². The second-order valence-corrected chi connectivity index (χ2v) is 13.6. The van der Waals surface area contributed by atoms with Gasteiger partial charge in [0.2, 0.25) is 0 Å². The molecule has 30 heavy (non-hydrogen) atoms. The first-order chi connectivity index (χ1) is 13.3. The highest BCUT2D eigenvalue weighted by Crippen LogP contribution is 2.37. The van der Waals surface area contributed by atoms with Gasteiger partial charge in [0.15, 0.2) is 0 Å². The second kappa shape index (κ2) is 9.35. The van der Waals surface area contributed by atoms with Gasteiger partial charge < -0.3 is 24.1 Å². The van der Waals surface area contributed by atoms with Crippen molar-refractivity contribution in [3.63, 3.8) is 0 Å². The van der Waals surface area contributed by atoms with Crippen LogP contribution in [0.5, 0.6) is 17.2 Å². The zero-order chi connectivity index (χ0) is 23.7. The van der Waals surface area contributed by atoms with E-state index >= 15 is 0 Å². The highest BCUT2D eigenvalue weighted by molar-refractivity contribution is 9.10. The third kappa shape index (κ3) is 7.35. The number of carboxylic acid groups (broad SMARTS) is 1. The van der Waals surface area contributed by atoms with E-state index in [1.807, 2.05) is 0 Å². The Morgan fingerprint density at radius 1 is 0.700 bits per heavy atom. The SMILES string of the molecule is CC(C)(Br)C(=O)Oc1cc(OC(=O)C(C)(C)Br)c(C(=O)[O-])c(OC(=O)C(C)(C)Br)c1. The van der Waals surface area contributed by atoms with Crippen molar-refractivity contribution in [3.8, 4) is 17.2 Å². The number of carbonyl (C=O) groups is 4. The lowest BCUT2D eigenvalue weighted by Crippen LogP contribution is -2.33. The lowest BCUT2D eigenvalue weighted by Gasteiger charge is -2.22. The standard InChI is InChI=1S/C19H21Br3O8/c1-17(2,20)14(25)28-9-7-10(29-15(26)18(3,4)21)12(13(23)24)11(8-9)30-16(27)19(5,6)22/h7-8H,1-6H3,(H,23,24)/p-1. The Morgan fingerprint density at radius 3 is 1.27 bits per heavy atom. The predicted octanol–water partition coefficient (Wildman–Crippen LogP) is 3.29. The highest BCUT2D eigenvalue weighted by Gasteiger charge is 2.32. The molecule has 0 saturated heterocycles. The van der Waals surface area contributed by atoms with Crippen molar-refractivity contribution in [2.75, 3.05) is 0 Å². The van der Waals surface area contributed by atoms with E-state index in [2.05, 4.69) is 47.8 Å². The fourth-order valence-electron chi connectivity index (χ4n) is 1.66. The number of hydrogen-bond donors (Lipinski definition) is 0. The van der Waals surface area contributed by atoms with Gasteiger partial charge in [-0.3, -0.25) is 14.4 Å². The van der Waals surface area contributed by atoms with Crippen LogP contribution in [0.3, 0.4) is 0 Å². The molecular weight excluding hydrogens is 596 g/mol. The molecule has 0 N–H and O–H groups in total. The number of benzene rings is 1. The molecule has 0 heterocycles. The van der Waals surface area contributed by atoms with Gasteiger partial charge in [-0.1, -0.05) is 47.8 Å². The van der Waals surface area contributed by atoms with Crippen molar-refractivity contribution in [2.24, 2.45) is 0 Å². The van der Waals surface area contributed by atoms with Gasteiger partial charge in [-0.2, -0.15) is 0 Å². The molecule has 0 amide bonds. The van der Waals surface area contributed by atoms with Crippen LogP contribution in [0.1, 0.15) is 51.9 Å². The first-order valence-electron chi connectivity index (χ1n) is 8.47. The van der Waals surface area contributed by atoms with Crippen LogP contribution in [0.2, 0.25) is 0 Å². The van der Waals surface area contributed by atoms with Crippen molar-refractivity contribution in [1.82, 2.24) is 0 Å². The van der Waals surface area contributed by atoms with Crippen LogP contribution in [0, 0.1) is 0 Å². The minimum Gasteiger partial charge on any atom is -0.545 e. The fourth-order valence-corrected chi connectivity index (χ4v) is 1.90. The summed E-state index contributed by atoms with van der Waals surface area (Å²) < 4.78 is 12.2. The van der Waals surface area contributed by atoms with Gasteiger partial charge in [-0.25, -0.2) is 0 Å². The van der Waals surface area contributed by atoms with E-state index in [1.165, 1.54) is 41.5 Å². The fraction of sp³-hybridized carbons (Fsp3) is 0.474. The average Bonchev–Trinajstić information content (AvgIpc) is 2.51. The minimum absolute atomic E-state index is 0.206. The Balaban J connectivity index is 3.62. The molecule has 1 aromatic rings. The average molecular weight is 616 g/mol. The third-order valence-corrected chi connectivity index (χ3v) is 4.29. The lowest BCUT2D eigenvalue weighted by molar-refractivity contribution is -0.255. The Hall–Kier alpha value is -1.46. The summed E-state index contributed by atoms with van der Waals surface area (Å²) in [6.07, 6.45) is 0. The van der Waals surface area contributed by atoms with Crippen LogP contribution >= 0.6 is 47.8 Å². The molecule has 0 unspecified atom stereocenters. The van der Waals surface area contributed by atoms with Gasteiger partial charge in [-0.15, -0.1) is 0 Å². The zero-order valence-electron chi connectivity index (χ0n) is 17.1. The largest absolute Gasteiger partial charge is 0.545 e. The number of carboxylic acids is 1. The monoisotopic (exact) mass is 613 g/mol. The van der Waals surface area contributed by atoms with Gasteiger partial charge in [0, 0.05) is 12.1 Å². The Kier molecular flexibility index (Phi) is 8.29. The van der Waals surface area contributed by atoms with E-state index in [4.69, 9.17) is 14.2 Å². The van der Waals surface area contributed by atoms with E-state index in [-0.39, 0.29) is 5.75 Å². The summed E-state index contributed by atoms with van der Waals surface area (Å²) in [6, 6.07) is 2.05. The summed E-state index contributed by atoms with van der Waals surface area (Å²) in [5.74, 6) is -5.40. The molecule has 0 aliphatic carbocycles. The van der Waals surface area contributed by atoms with Crippen LogP contribution in [-0.4, -0.2) is 36.8 Å². The molecule has 0 aliphatic heterocycles. The molecule has 1 aromatic carbocycles. The van der Waals surface area contributed by atoms with Gasteiger partial charge in [-0.05, 0) is 41.5 Å². The topological polar surface area (TPSA) is 119 Å². The number of hydrogen-bond acceptors (Lipinski definition) is 8. The molecule has 11 heteroatoms. The molecule has 0 aromatic heterocycles. The first-order valence-corrected chi connectivity index (χ1v) is 10.8. The maximum absolute atomic E-state index is 12.3. The molecule has 1 rings (SSSR count). The Morgan fingerprint density at radius 2 is 1.00 bits per heavy atom. The van der Waals surface area contributed by atoms with E-state index in [0.717, 1.165) is 12.1 Å². The quantitative estimate of drug-likeness (QED) is 0.260. The number of carbonyl (C=O) groups excluding carboxylic acids is 4. The smallest absolute Gasteiger partial charge is 0.327 e. The second-order valence-electron chi connectivity index (χ2n) is 7.67. The van der Waals surface area contributed by atoms with Gasteiger partial charge >= 0.3 is 17.9 Å². The number of rotatable bonds is 7. The predicted molar refractivity (Wildman–Crippen MR) is 117 cm³/mol. The normalized spacial score (nSPS) is 12.2. The van der Waals surface area contributed by atoms with Crippen molar-refractivity contribution >= 4 is 71.7 Å².